The zero-order valence-corrected chi connectivity index (χ0v) is 12.0. The molecule has 0 spiro atoms. The van der Waals surface area contributed by atoms with Crippen molar-refractivity contribution in [3.05, 3.63) is 24.3 Å². The Bertz CT molecular complexity index is 554. The van der Waals surface area contributed by atoms with Crippen LogP contribution >= 0.6 is 0 Å². The fraction of sp³-hybridized carbons (Fsp3) is 0.400. The standard InChI is InChI=1S/C15H19N3O3/c1-10-9-14(20)18(15(10)21)8-2-3-13(19)17-12-6-4-11(16)5-7-12/h4-7,10H,2-3,8-9,16H2,1H3,(H,17,19). The number of carbonyl (C=O) groups is 3. The van der Waals surface area contributed by atoms with Crippen molar-refractivity contribution in [1.82, 2.24) is 4.90 Å². The maximum absolute atomic E-state index is 11.8. The van der Waals surface area contributed by atoms with Gasteiger partial charge in [0.2, 0.25) is 17.7 Å². The van der Waals surface area contributed by atoms with E-state index in [9.17, 15) is 14.4 Å². The smallest absolute Gasteiger partial charge is 0.232 e. The lowest BCUT2D eigenvalue weighted by Gasteiger charge is -2.13. The second-order valence-corrected chi connectivity index (χ2v) is 5.26. The monoisotopic (exact) mass is 289 g/mol. The first-order valence-corrected chi connectivity index (χ1v) is 6.97. The number of likely N-dealkylation sites (tertiary alicyclic amines) is 1. The van der Waals surface area contributed by atoms with Crippen LogP contribution in [0.1, 0.15) is 26.2 Å². The third-order valence-corrected chi connectivity index (χ3v) is 3.45. The molecule has 1 fully saturated rings. The number of hydrogen-bond donors (Lipinski definition) is 2. The summed E-state index contributed by atoms with van der Waals surface area (Å²) >= 11 is 0. The van der Waals surface area contributed by atoms with E-state index >= 15 is 0 Å². The van der Waals surface area contributed by atoms with Crippen LogP contribution in [0.2, 0.25) is 0 Å². The molecule has 1 aromatic rings. The van der Waals surface area contributed by atoms with Gasteiger partial charge in [0.05, 0.1) is 0 Å². The zero-order chi connectivity index (χ0) is 15.4. The summed E-state index contributed by atoms with van der Waals surface area (Å²) in [6, 6.07) is 6.86. The third-order valence-electron chi connectivity index (χ3n) is 3.45. The summed E-state index contributed by atoms with van der Waals surface area (Å²) in [5.41, 5.74) is 6.87. The topological polar surface area (TPSA) is 92.5 Å². The Morgan fingerprint density at radius 2 is 2.00 bits per heavy atom. The van der Waals surface area contributed by atoms with E-state index in [0.717, 1.165) is 0 Å². The maximum atomic E-state index is 11.8. The summed E-state index contributed by atoms with van der Waals surface area (Å²) < 4.78 is 0. The van der Waals surface area contributed by atoms with Crippen molar-refractivity contribution in [3.63, 3.8) is 0 Å². The van der Waals surface area contributed by atoms with E-state index in [-0.39, 0.29) is 36.5 Å². The molecule has 112 valence electrons. The molecule has 1 saturated heterocycles. The molecule has 6 nitrogen and oxygen atoms in total. The highest BCUT2D eigenvalue weighted by Crippen LogP contribution is 2.19. The minimum absolute atomic E-state index is 0.140. The lowest BCUT2D eigenvalue weighted by molar-refractivity contribution is -0.139. The van der Waals surface area contributed by atoms with Crippen molar-refractivity contribution in [1.29, 1.82) is 0 Å². The molecule has 0 radical (unpaired) electrons. The Morgan fingerprint density at radius 1 is 1.33 bits per heavy atom. The summed E-state index contributed by atoms with van der Waals surface area (Å²) in [7, 11) is 0. The van der Waals surface area contributed by atoms with Crippen LogP contribution in [-0.2, 0) is 14.4 Å². The summed E-state index contributed by atoms with van der Waals surface area (Å²) in [6.07, 6.45) is 0.997. The molecule has 1 aliphatic rings. The number of hydrogen-bond acceptors (Lipinski definition) is 4. The number of amides is 3. The molecule has 0 bridgehead atoms. The van der Waals surface area contributed by atoms with Crippen LogP contribution in [0.15, 0.2) is 24.3 Å². The highest BCUT2D eigenvalue weighted by molar-refractivity contribution is 6.03. The lowest BCUT2D eigenvalue weighted by atomic mass is 10.1. The Balaban J connectivity index is 1.76. The number of benzene rings is 1. The molecule has 1 unspecified atom stereocenters. The Hall–Kier alpha value is -2.37. The van der Waals surface area contributed by atoms with E-state index < -0.39 is 0 Å². The summed E-state index contributed by atoms with van der Waals surface area (Å²) in [5, 5.41) is 2.74. The van der Waals surface area contributed by atoms with Gasteiger partial charge < -0.3 is 11.1 Å². The average molecular weight is 289 g/mol. The van der Waals surface area contributed by atoms with Crippen molar-refractivity contribution in [2.75, 3.05) is 17.6 Å². The van der Waals surface area contributed by atoms with E-state index in [2.05, 4.69) is 5.32 Å². The van der Waals surface area contributed by atoms with E-state index in [4.69, 9.17) is 5.73 Å². The summed E-state index contributed by atoms with van der Waals surface area (Å²) in [4.78, 5) is 36.3. The van der Waals surface area contributed by atoms with Gasteiger partial charge in [-0.05, 0) is 30.7 Å². The number of nitrogen functional groups attached to an aromatic ring is 1. The van der Waals surface area contributed by atoms with E-state index in [1.165, 1.54) is 4.90 Å². The van der Waals surface area contributed by atoms with Crippen LogP contribution in [0.4, 0.5) is 11.4 Å². The Kier molecular flexibility index (Phi) is 4.57. The molecule has 2 rings (SSSR count). The lowest BCUT2D eigenvalue weighted by Crippen LogP contribution is -2.31. The fourth-order valence-corrected chi connectivity index (χ4v) is 2.27. The van der Waals surface area contributed by atoms with Gasteiger partial charge in [0.1, 0.15) is 0 Å². The number of nitrogens with one attached hydrogen (secondary N) is 1. The van der Waals surface area contributed by atoms with Crippen LogP contribution in [0, 0.1) is 5.92 Å². The van der Waals surface area contributed by atoms with Gasteiger partial charge in [-0.25, -0.2) is 0 Å². The highest BCUT2D eigenvalue weighted by atomic mass is 16.2. The van der Waals surface area contributed by atoms with Gasteiger partial charge in [0.15, 0.2) is 0 Å². The number of nitrogens with two attached hydrogens (primary N) is 1. The first-order valence-electron chi connectivity index (χ1n) is 6.97. The Labute approximate surface area is 123 Å². The third kappa shape index (κ3) is 3.81. The molecule has 1 aromatic carbocycles. The van der Waals surface area contributed by atoms with Crippen LogP contribution in [0.5, 0.6) is 0 Å². The minimum Gasteiger partial charge on any atom is -0.399 e. The van der Waals surface area contributed by atoms with Crippen LogP contribution in [0.25, 0.3) is 0 Å². The van der Waals surface area contributed by atoms with Crippen molar-refractivity contribution in [2.45, 2.75) is 26.2 Å². The molecule has 0 aliphatic carbocycles. The number of anilines is 2. The summed E-state index contributed by atoms with van der Waals surface area (Å²) in [5.74, 6) is -0.668. The molecule has 21 heavy (non-hydrogen) atoms. The number of rotatable bonds is 5. The predicted octanol–water partition coefficient (Wildman–Crippen LogP) is 1.38. The normalized spacial score (nSPS) is 18.1. The predicted molar refractivity (Wildman–Crippen MR) is 79.2 cm³/mol. The Morgan fingerprint density at radius 3 is 2.57 bits per heavy atom. The van der Waals surface area contributed by atoms with Gasteiger partial charge in [-0.15, -0.1) is 0 Å². The molecule has 1 heterocycles. The first kappa shape index (κ1) is 15.0. The zero-order valence-electron chi connectivity index (χ0n) is 12.0. The van der Waals surface area contributed by atoms with E-state index in [1.54, 1.807) is 31.2 Å². The molecule has 3 amide bonds. The van der Waals surface area contributed by atoms with E-state index in [0.29, 0.717) is 24.3 Å². The van der Waals surface area contributed by atoms with Crippen LogP contribution in [-0.4, -0.2) is 29.2 Å². The van der Waals surface area contributed by atoms with E-state index in [1.807, 2.05) is 0 Å². The minimum atomic E-state index is -0.235. The van der Waals surface area contributed by atoms with Crippen molar-refractivity contribution >= 4 is 29.1 Å². The largest absolute Gasteiger partial charge is 0.399 e. The van der Waals surface area contributed by atoms with Crippen LogP contribution in [0.3, 0.4) is 0 Å². The van der Waals surface area contributed by atoms with Crippen molar-refractivity contribution in [3.8, 4) is 0 Å². The first-order chi connectivity index (χ1) is 9.97. The molecule has 0 aromatic heterocycles. The van der Waals surface area contributed by atoms with Crippen molar-refractivity contribution < 1.29 is 14.4 Å². The van der Waals surface area contributed by atoms with Gasteiger partial charge in [-0.2, -0.15) is 0 Å². The van der Waals surface area contributed by atoms with Gasteiger partial charge in [-0.3, -0.25) is 19.3 Å². The second kappa shape index (κ2) is 6.39. The quantitative estimate of drug-likeness (QED) is 0.632. The fourth-order valence-electron chi connectivity index (χ4n) is 2.27. The number of imide groups is 1. The van der Waals surface area contributed by atoms with Gasteiger partial charge >= 0.3 is 0 Å². The number of nitrogens with zero attached hydrogens (tertiary/aromatic N) is 1. The highest BCUT2D eigenvalue weighted by Gasteiger charge is 2.34. The maximum Gasteiger partial charge on any atom is 0.232 e. The average Bonchev–Trinajstić information content (AvgIpc) is 2.68. The molecule has 3 N–H and O–H groups in total. The molecular formula is C15H19N3O3. The van der Waals surface area contributed by atoms with Crippen LogP contribution < -0.4 is 11.1 Å². The molecule has 1 atom stereocenters. The summed E-state index contributed by atoms with van der Waals surface area (Å²) in [6.45, 7) is 2.05. The SMILES string of the molecule is CC1CC(=O)N(CCCC(=O)Nc2ccc(N)cc2)C1=O. The van der Waals surface area contributed by atoms with Gasteiger partial charge in [0, 0.05) is 36.7 Å². The molecule has 6 heteroatoms. The van der Waals surface area contributed by atoms with Gasteiger partial charge in [0.25, 0.3) is 0 Å². The van der Waals surface area contributed by atoms with Crippen molar-refractivity contribution in [2.24, 2.45) is 5.92 Å². The molecular weight excluding hydrogens is 270 g/mol. The molecule has 0 saturated carbocycles. The number of carbonyl (C=O) groups excluding carboxylic acids is 3. The second-order valence-electron chi connectivity index (χ2n) is 5.26. The van der Waals surface area contributed by atoms with Gasteiger partial charge in [-0.1, -0.05) is 6.92 Å². The molecule has 1 aliphatic heterocycles.